The van der Waals surface area contributed by atoms with E-state index in [0.717, 1.165) is 17.4 Å². The molecule has 0 aromatic heterocycles. The van der Waals surface area contributed by atoms with Crippen molar-refractivity contribution in [2.24, 2.45) is 0 Å². The Morgan fingerprint density at radius 1 is 0.560 bits per heavy atom. The summed E-state index contributed by atoms with van der Waals surface area (Å²) < 4.78 is 0.759. The van der Waals surface area contributed by atoms with Crippen molar-refractivity contribution in [1.82, 2.24) is 0 Å². The van der Waals surface area contributed by atoms with Crippen molar-refractivity contribution in [2.75, 3.05) is 20.6 Å². The normalized spacial score (nSPS) is 13.3. The van der Waals surface area contributed by atoms with Crippen LogP contribution in [0.25, 0.3) is 0 Å². The predicted octanol–water partition coefficient (Wildman–Crippen LogP) is 7.05. The van der Waals surface area contributed by atoms with E-state index in [2.05, 4.69) is 27.9 Å². The second-order valence-corrected chi connectivity index (χ2v) is 8.69. The molecule has 1 N–H and O–H groups in total. The highest BCUT2D eigenvalue weighted by Gasteiger charge is 2.23. The zero-order valence-corrected chi connectivity index (χ0v) is 18.2. The summed E-state index contributed by atoms with van der Waals surface area (Å²) in [5, 5.41) is 9.98. The maximum Gasteiger partial charge on any atom is 0.189 e. The minimum Gasteiger partial charge on any atom is -0.345 e. The Morgan fingerprint density at radius 3 is 1.20 bits per heavy atom. The van der Waals surface area contributed by atoms with Crippen molar-refractivity contribution < 1.29 is 9.59 Å². The molecule has 2 heteroatoms. The second kappa shape index (κ2) is 17.3. The first-order valence-electron chi connectivity index (χ1n) is 11.5. The number of hydrogen-bond donors (Lipinski definition) is 1. The quantitative estimate of drug-likeness (QED) is 0.149. The first-order chi connectivity index (χ1) is 12.0. The summed E-state index contributed by atoms with van der Waals surface area (Å²) in [6, 6.07) is 0. The van der Waals surface area contributed by atoms with Gasteiger partial charge in [-0.05, 0) is 12.8 Å². The Morgan fingerprint density at radius 2 is 0.880 bits per heavy atom. The third-order valence-electron chi connectivity index (χ3n) is 5.76. The van der Waals surface area contributed by atoms with Crippen LogP contribution < -0.4 is 0 Å². The zero-order valence-electron chi connectivity index (χ0n) is 18.2. The molecule has 0 aromatic carbocycles. The van der Waals surface area contributed by atoms with Crippen LogP contribution in [0.3, 0.4) is 0 Å². The van der Waals surface area contributed by atoms with Crippen LogP contribution >= 0.6 is 0 Å². The van der Waals surface area contributed by atoms with Gasteiger partial charge in [0.1, 0.15) is 0 Å². The SMILES string of the molecule is CCCCCCCCCCCCCCCCCC[N+](C)(C)C(O)CC. The van der Waals surface area contributed by atoms with E-state index in [1.807, 2.05) is 0 Å². The number of rotatable bonds is 19. The maximum absolute atomic E-state index is 9.98. The van der Waals surface area contributed by atoms with Gasteiger partial charge in [-0.2, -0.15) is 0 Å². The van der Waals surface area contributed by atoms with Crippen LogP contribution in [0.15, 0.2) is 0 Å². The number of aliphatic hydroxyl groups excluding tert-OH is 1. The molecule has 0 aliphatic carbocycles. The van der Waals surface area contributed by atoms with Crippen molar-refractivity contribution in [3.8, 4) is 0 Å². The fourth-order valence-corrected chi connectivity index (χ4v) is 3.71. The number of aliphatic hydroxyl groups is 1. The van der Waals surface area contributed by atoms with Gasteiger partial charge in [-0.1, -0.05) is 104 Å². The monoisotopic (exact) mass is 356 g/mol. The van der Waals surface area contributed by atoms with Gasteiger partial charge in [0.2, 0.25) is 0 Å². The van der Waals surface area contributed by atoms with Crippen LogP contribution in [0, 0.1) is 0 Å². The van der Waals surface area contributed by atoms with Gasteiger partial charge < -0.3 is 9.59 Å². The largest absolute Gasteiger partial charge is 0.345 e. The molecule has 25 heavy (non-hydrogen) atoms. The van der Waals surface area contributed by atoms with Crippen LogP contribution in [0.4, 0.5) is 0 Å². The van der Waals surface area contributed by atoms with Crippen LogP contribution in [0.5, 0.6) is 0 Å². The fourth-order valence-electron chi connectivity index (χ4n) is 3.71. The average molecular weight is 357 g/mol. The second-order valence-electron chi connectivity index (χ2n) is 8.69. The van der Waals surface area contributed by atoms with E-state index < -0.39 is 0 Å². The first kappa shape index (κ1) is 24.9. The average Bonchev–Trinajstić information content (AvgIpc) is 2.60. The molecule has 2 nitrogen and oxygen atoms in total. The molecule has 0 saturated heterocycles. The lowest BCUT2D eigenvalue weighted by Gasteiger charge is -2.34. The van der Waals surface area contributed by atoms with E-state index in [4.69, 9.17) is 0 Å². The van der Waals surface area contributed by atoms with Crippen LogP contribution in [-0.4, -0.2) is 36.5 Å². The van der Waals surface area contributed by atoms with E-state index in [-0.39, 0.29) is 6.23 Å². The third-order valence-corrected chi connectivity index (χ3v) is 5.76. The predicted molar refractivity (Wildman–Crippen MR) is 113 cm³/mol. The van der Waals surface area contributed by atoms with Crippen LogP contribution in [-0.2, 0) is 0 Å². The van der Waals surface area contributed by atoms with E-state index >= 15 is 0 Å². The Bertz CT molecular complexity index is 265. The molecule has 1 unspecified atom stereocenters. The van der Waals surface area contributed by atoms with Crippen molar-refractivity contribution >= 4 is 0 Å². The first-order valence-corrected chi connectivity index (χ1v) is 11.5. The highest BCUT2D eigenvalue weighted by molar-refractivity contribution is 4.50. The summed E-state index contributed by atoms with van der Waals surface area (Å²) >= 11 is 0. The smallest absolute Gasteiger partial charge is 0.189 e. The lowest BCUT2D eigenvalue weighted by atomic mass is 10.0. The number of unbranched alkanes of at least 4 members (excludes halogenated alkanes) is 15. The Hall–Kier alpha value is -0.0800. The molecule has 0 saturated carbocycles. The summed E-state index contributed by atoms with van der Waals surface area (Å²) in [5.41, 5.74) is 0. The molecule has 0 radical (unpaired) electrons. The minimum absolute atomic E-state index is 0.198. The van der Waals surface area contributed by atoms with Gasteiger partial charge in [-0.15, -0.1) is 0 Å². The lowest BCUT2D eigenvalue weighted by molar-refractivity contribution is -0.937. The molecule has 0 spiro atoms. The molecule has 0 aromatic rings. The molecule has 1 atom stereocenters. The summed E-state index contributed by atoms with van der Waals surface area (Å²) in [6.07, 6.45) is 23.3. The van der Waals surface area contributed by atoms with Gasteiger partial charge in [0.05, 0.1) is 20.6 Å². The maximum atomic E-state index is 9.98. The van der Waals surface area contributed by atoms with Gasteiger partial charge >= 0.3 is 0 Å². The highest BCUT2D eigenvalue weighted by atomic mass is 16.3. The van der Waals surface area contributed by atoms with Crippen LogP contribution in [0.2, 0.25) is 0 Å². The summed E-state index contributed by atoms with van der Waals surface area (Å²) in [6.45, 7) is 5.46. The van der Waals surface area contributed by atoms with Gasteiger partial charge in [0.25, 0.3) is 0 Å². The Balaban J connectivity index is 3.19. The van der Waals surface area contributed by atoms with Gasteiger partial charge in [-0.3, -0.25) is 0 Å². The number of hydrogen-bond acceptors (Lipinski definition) is 1. The molecule has 0 bridgehead atoms. The standard InChI is InChI=1S/C23H50NO/c1-5-7-8-9-10-11-12-13-14-15-16-17-18-19-20-21-22-24(3,4)23(25)6-2/h23,25H,5-22H2,1-4H3/q+1. The summed E-state index contributed by atoms with van der Waals surface area (Å²) in [4.78, 5) is 0. The fraction of sp³-hybridized carbons (Fsp3) is 1.00. The van der Waals surface area contributed by atoms with Crippen molar-refractivity contribution in [3.05, 3.63) is 0 Å². The molecule has 0 fully saturated rings. The topological polar surface area (TPSA) is 20.2 Å². The van der Waals surface area contributed by atoms with Crippen molar-refractivity contribution in [1.29, 1.82) is 0 Å². The van der Waals surface area contributed by atoms with E-state index in [1.165, 1.54) is 103 Å². The van der Waals surface area contributed by atoms with Crippen molar-refractivity contribution in [2.45, 2.75) is 129 Å². The molecular weight excluding hydrogens is 306 g/mol. The Kier molecular flexibility index (Phi) is 17.3. The third kappa shape index (κ3) is 15.9. The van der Waals surface area contributed by atoms with Crippen LogP contribution in [0.1, 0.15) is 123 Å². The molecule has 0 rings (SSSR count). The van der Waals surface area contributed by atoms with E-state index in [9.17, 15) is 5.11 Å². The van der Waals surface area contributed by atoms with E-state index in [1.54, 1.807) is 0 Å². The van der Waals surface area contributed by atoms with Gasteiger partial charge in [0, 0.05) is 6.42 Å². The highest BCUT2D eigenvalue weighted by Crippen LogP contribution is 2.15. The minimum atomic E-state index is -0.198. The number of nitrogens with zero attached hydrogens (tertiary/aromatic N) is 1. The summed E-state index contributed by atoms with van der Waals surface area (Å²) in [7, 11) is 4.30. The molecule has 0 aliphatic heterocycles. The molecule has 0 heterocycles. The molecular formula is C23H50NO+. The summed E-state index contributed by atoms with van der Waals surface area (Å²) in [5.74, 6) is 0. The Labute approximate surface area is 160 Å². The molecule has 0 amide bonds. The van der Waals surface area contributed by atoms with Gasteiger partial charge in [0.15, 0.2) is 6.23 Å². The number of quaternary nitrogens is 1. The zero-order chi connectivity index (χ0) is 18.8. The lowest BCUT2D eigenvalue weighted by Crippen LogP contribution is -2.49. The van der Waals surface area contributed by atoms with E-state index in [0.29, 0.717) is 0 Å². The van der Waals surface area contributed by atoms with Crippen molar-refractivity contribution in [3.63, 3.8) is 0 Å². The molecule has 152 valence electrons. The molecule has 0 aliphatic rings. The van der Waals surface area contributed by atoms with Gasteiger partial charge in [-0.25, -0.2) is 0 Å².